The van der Waals surface area contributed by atoms with Crippen molar-refractivity contribution in [1.29, 1.82) is 0 Å². The van der Waals surface area contributed by atoms with E-state index in [4.69, 9.17) is 10.2 Å². The van der Waals surface area contributed by atoms with E-state index in [9.17, 15) is 4.79 Å². The number of aliphatic carboxylic acids is 1. The number of carboxylic acids is 1. The van der Waals surface area contributed by atoms with Gasteiger partial charge in [-0.1, -0.05) is 37.8 Å². The zero-order valence-electron chi connectivity index (χ0n) is 12.3. The molecule has 1 unspecified atom stereocenters. The van der Waals surface area contributed by atoms with E-state index in [0.29, 0.717) is 6.42 Å². The third kappa shape index (κ3) is 17.2. The molecule has 0 heterocycles. The van der Waals surface area contributed by atoms with Gasteiger partial charge in [0.05, 0.1) is 6.10 Å². The van der Waals surface area contributed by atoms with Gasteiger partial charge in [-0.3, -0.25) is 4.79 Å². The Morgan fingerprint density at radius 2 is 1.47 bits per heavy atom. The second kappa shape index (κ2) is 13.6. The Bertz CT molecular complexity index is 234. The van der Waals surface area contributed by atoms with E-state index >= 15 is 0 Å². The molecule has 1 atom stereocenters. The predicted octanol–water partition coefficient (Wildman–Crippen LogP) is 4.30. The van der Waals surface area contributed by atoms with Crippen molar-refractivity contribution in [1.82, 2.24) is 0 Å². The molecular formula is C16H30O3. The second-order valence-corrected chi connectivity index (χ2v) is 5.31. The Morgan fingerprint density at radius 3 is 2.05 bits per heavy atom. The van der Waals surface area contributed by atoms with Crippen LogP contribution in [-0.2, 0) is 4.79 Å². The lowest BCUT2D eigenvalue weighted by molar-refractivity contribution is -0.137. The summed E-state index contributed by atoms with van der Waals surface area (Å²) in [6, 6.07) is 0. The predicted molar refractivity (Wildman–Crippen MR) is 79.2 cm³/mol. The fourth-order valence-corrected chi connectivity index (χ4v) is 2.01. The molecule has 0 aliphatic heterocycles. The van der Waals surface area contributed by atoms with Crippen molar-refractivity contribution in [3.05, 3.63) is 12.2 Å². The molecule has 0 amide bonds. The topological polar surface area (TPSA) is 57.5 Å². The molecule has 19 heavy (non-hydrogen) atoms. The first kappa shape index (κ1) is 18.2. The van der Waals surface area contributed by atoms with E-state index in [0.717, 1.165) is 38.5 Å². The third-order valence-corrected chi connectivity index (χ3v) is 3.17. The van der Waals surface area contributed by atoms with Crippen molar-refractivity contribution in [3.63, 3.8) is 0 Å². The van der Waals surface area contributed by atoms with Crippen LogP contribution < -0.4 is 0 Å². The Hall–Kier alpha value is -0.830. The Kier molecular flexibility index (Phi) is 13.0. The van der Waals surface area contributed by atoms with Crippen LogP contribution in [0.1, 0.15) is 77.6 Å². The lowest BCUT2D eigenvalue weighted by atomic mass is 10.1. The number of aliphatic hydroxyl groups excluding tert-OH is 1. The van der Waals surface area contributed by atoms with E-state index in [-0.39, 0.29) is 6.10 Å². The number of carbonyl (C=O) groups is 1. The van der Waals surface area contributed by atoms with E-state index in [2.05, 4.69) is 12.2 Å². The van der Waals surface area contributed by atoms with Crippen LogP contribution in [0.4, 0.5) is 0 Å². The molecule has 3 nitrogen and oxygen atoms in total. The molecule has 0 fully saturated rings. The van der Waals surface area contributed by atoms with Gasteiger partial charge in [-0.05, 0) is 45.4 Å². The average Bonchev–Trinajstić information content (AvgIpc) is 2.34. The number of hydrogen-bond donors (Lipinski definition) is 2. The van der Waals surface area contributed by atoms with Gasteiger partial charge < -0.3 is 10.2 Å². The zero-order valence-corrected chi connectivity index (χ0v) is 12.3. The van der Waals surface area contributed by atoms with Crippen molar-refractivity contribution >= 4 is 5.97 Å². The van der Waals surface area contributed by atoms with Crippen LogP contribution >= 0.6 is 0 Å². The summed E-state index contributed by atoms with van der Waals surface area (Å²) in [5.74, 6) is -0.695. The van der Waals surface area contributed by atoms with Crippen molar-refractivity contribution < 1.29 is 15.0 Å². The van der Waals surface area contributed by atoms with E-state index in [1.54, 1.807) is 0 Å². The molecule has 0 saturated heterocycles. The summed E-state index contributed by atoms with van der Waals surface area (Å²) in [4.78, 5) is 10.3. The van der Waals surface area contributed by atoms with Gasteiger partial charge in [-0.15, -0.1) is 0 Å². The van der Waals surface area contributed by atoms with Gasteiger partial charge in [0.2, 0.25) is 0 Å². The van der Waals surface area contributed by atoms with Crippen LogP contribution in [-0.4, -0.2) is 22.3 Å². The highest BCUT2D eigenvalue weighted by molar-refractivity contribution is 5.66. The third-order valence-electron chi connectivity index (χ3n) is 3.17. The highest BCUT2D eigenvalue weighted by Gasteiger charge is 1.95. The smallest absolute Gasteiger partial charge is 0.303 e. The number of carboxylic acid groups (broad SMARTS) is 1. The molecule has 0 spiro atoms. The molecule has 0 aliphatic rings. The minimum atomic E-state index is -0.695. The summed E-state index contributed by atoms with van der Waals surface area (Å²) >= 11 is 0. The Morgan fingerprint density at radius 1 is 0.947 bits per heavy atom. The highest BCUT2D eigenvalue weighted by atomic mass is 16.4. The summed E-state index contributed by atoms with van der Waals surface area (Å²) in [5, 5.41) is 17.6. The number of hydrogen-bond acceptors (Lipinski definition) is 2. The summed E-state index contributed by atoms with van der Waals surface area (Å²) in [6.45, 7) is 1.85. The van der Waals surface area contributed by atoms with Gasteiger partial charge in [0.25, 0.3) is 0 Å². The first-order chi connectivity index (χ1) is 9.13. The summed E-state index contributed by atoms with van der Waals surface area (Å²) < 4.78 is 0. The van der Waals surface area contributed by atoms with E-state index in [1.165, 1.54) is 25.7 Å². The van der Waals surface area contributed by atoms with Crippen molar-refractivity contribution in [3.8, 4) is 0 Å². The monoisotopic (exact) mass is 270 g/mol. The largest absolute Gasteiger partial charge is 0.481 e. The van der Waals surface area contributed by atoms with Crippen LogP contribution in [0, 0.1) is 0 Å². The van der Waals surface area contributed by atoms with Gasteiger partial charge in [-0.2, -0.15) is 0 Å². The summed E-state index contributed by atoms with van der Waals surface area (Å²) in [5.41, 5.74) is 0. The number of unbranched alkanes of at least 4 members (excludes halogenated alkanes) is 7. The lowest BCUT2D eigenvalue weighted by Gasteiger charge is -2.03. The van der Waals surface area contributed by atoms with E-state index < -0.39 is 5.97 Å². The standard InChI is InChI=1S/C16H30O3/c1-15(17)13-11-9-7-5-3-2-4-6-8-10-12-14-16(18)19/h4,6,15,17H,2-3,5,7-14H2,1H3,(H,18,19)/b6-4-. The molecule has 0 aromatic rings. The van der Waals surface area contributed by atoms with Crippen LogP contribution in [0.2, 0.25) is 0 Å². The number of rotatable bonds is 13. The maximum absolute atomic E-state index is 10.3. The molecule has 0 aliphatic carbocycles. The first-order valence-electron chi connectivity index (χ1n) is 7.67. The van der Waals surface area contributed by atoms with Crippen molar-refractivity contribution in [2.45, 2.75) is 83.7 Å². The molecule has 0 aromatic carbocycles. The molecule has 0 bridgehead atoms. The average molecular weight is 270 g/mol. The minimum Gasteiger partial charge on any atom is -0.481 e. The molecule has 0 aromatic heterocycles. The molecule has 0 radical (unpaired) electrons. The van der Waals surface area contributed by atoms with Crippen LogP contribution in [0.15, 0.2) is 12.2 Å². The molecule has 0 saturated carbocycles. The molecule has 2 N–H and O–H groups in total. The number of allylic oxidation sites excluding steroid dienone is 2. The molecule has 3 heteroatoms. The highest BCUT2D eigenvalue weighted by Crippen LogP contribution is 2.09. The normalized spacial score (nSPS) is 12.9. The zero-order chi connectivity index (χ0) is 14.3. The fourth-order valence-electron chi connectivity index (χ4n) is 2.01. The lowest BCUT2D eigenvalue weighted by Crippen LogP contribution is -1.98. The van der Waals surface area contributed by atoms with Crippen molar-refractivity contribution in [2.75, 3.05) is 0 Å². The molecular weight excluding hydrogens is 240 g/mol. The van der Waals surface area contributed by atoms with Gasteiger partial charge in [-0.25, -0.2) is 0 Å². The summed E-state index contributed by atoms with van der Waals surface area (Å²) in [6.07, 6.45) is 15.5. The van der Waals surface area contributed by atoms with E-state index in [1.807, 2.05) is 6.92 Å². The van der Waals surface area contributed by atoms with Crippen molar-refractivity contribution in [2.24, 2.45) is 0 Å². The SMILES string of the molecule is CC(O)CCCCCCC/C=C\CCCCC(=O)O. The van der Waals surface area contributed by atoms with Crippen LogP contribution in [0.3, 0.4) is 0 Å². The van der Waals surface area contributed by atoms with Gasteiger partial charge in [0.1, 0.15) is 0 Å². The van der Waals surface area contributed by atoms with Gasteiger partial charge >= 0.3 is 5.97 Å². The summed E-state index contributed by atoms with van der Waals surface area (Å²) in [7, 11) is 0. The molecule has 0 rings (SSSR count). The second-order valence-electron chi connectivity index (χ2n) is 5.31. The van der Waals surface area contributed by atoms with Gasteiger partial charge in [0.15, 0.2) is 0 Å². The van der Waals surface area contributed by atoms with Gasteiger partial charge in [0, 0.05) is 6.42 Å². The van der Waals surface area contributed by atoms with Crippen LogP contribution in [0.5, 0.6) is 0 Å². The quantitative estimate of drug-likeness (QED) is 0.387. The van der Waals surface area contributed by atoms with Crippen LogP contribution in [0.25, 0.3) is 0 Å². The fraction of sp³-hybridized carbons (Fsp3) is 0.812. The Balaban J connectivity index is 3.10. The molecule has 112 valence electrons. The Labute approximate surface area is 117 Å². The maximum atomic E-state index is 10.3. The maximum Gasteiger partial charge on any atom is 0.303 e. The minimum absolute atomic E-state index is 0.149. The first-order valence-corrected chi connectivity index (χ1v) is 7.67. The number of aliphatic hydroxyl groups is 1.